The fourth-order valence-electron chi connectivity index (χ4n) is 1.98. The van der Waals surface area contributed by atoms with Gasteiger partial charge in [0.1, 0.15) is 0 Å². The molecule has 0 aromatic carbocycles. The van der Waals surface area contributed by atoms with Crippen LogP contribution < -0.4 is 0 Å². The predicted molar refractivity (Wildman–Crippen MR) is 48.8 cm³/mol. The molecule has 5 heteroatoms. The molecule has 1 saturated heterocycles. The van der Waals surface area contributed by atoms with E-state index in [0.717, 1.165) is 0 Å². The lowest BCUT2D eigenvalue weighted by atomic mass is 10.1. The standard InChI is InChI=1S/C8H15N3O2/c1-6-4-10(9-13)5-7(2)11(6)8(3)12/h6-7H,4-5H2,1-3H3/t6-,7-/m0/s1. The third-order valence-electron chi connectivity index (χ3n) is 2.38. The molecule has 0 saturated carbocycles. The monoisotopic (exact) mass is 185 g/mol. The Bertz CT molecular complexity index is 207. The van der Waals surface area contributed by atoms with Crippen LogP contribution in [0.25, 0.3) is 0 Å². The molecule has 0 aromatic heterocycles. The van der Waals surface area contributed by atoms with Crippen molar-refractivity contribution in [2.24, 2.45) is 5.29 Å². The molecular formula is C8H15N3O2. The molecule has 0 unspecified atom stereocenters. The third kappa shape index (κ3) is 1.96. The van der Waals surface area contributed by atoms with Gasteiger partial charge in [-0.1, -0.05) is 0 Å². The summed E-state index contributed by atoms with van der Waals surface area (Å²) in [6, 6.07) is 0.137. The largest absolute Gasteiger partial charge is 0.334 e. The molecule has 1 aliphatic rings. The van der Waals surface area contributed by atoms with Gasteiger partial charge in [-0.3, -0.25) is 9.80 Å². The van der Waals surface area contributed by atoms with Crippen LogP contribution in [0.1, 0.15) is 20.8 Å². The van der Waals surface area contributed by atoms with E-state index >= 15 is 0 Å². The van der Waals surface area contributed by atoms with Gasteiger partial charge in [-0.15, -0.1) is 4.91 Å². The molecule has 0 aromatic rings. The Hall–Kier alpha value is -1.13. The zero-order valence-electron chi connectivity index (χ0n) is 8.23. The minimum absolute atomic E-state index is 0.0607. The van der Waals surface area contributed by atoms with Gasteiger partial charge in [0, 0.05) is 19.0 Å². The Kier molecular flexibility index (Phi) is 2.85. The lowest BCUT2D eigenvalue weighted by Crippen LogP contribution is -2.56. The Morgan fingerprint density at radius 1 is 1.31 bits per heavy atom. The maximum absolute atomic E-state index is 11.2. The van der Waals surface area contributed by atoms with E-state index in [1.165, 1.54) is 5.01 Å². The quantitative estimate of drug-likeness (QED) is 0.562. The summed E-state index contributed by atoms with van der Waals surface area (Å²) in [5.41, 5.74) is 0. The maximum Gasteiger partial charge on any atom is 0.220 e. The number of carbonyl (C=O) groups is 1. The molecule has 5 nitrogen and oxygen atoms in total. The first kappa shape index (κ1) is 9.95. The zero-order chi connectivity index (χ0) is 10.0. The SMILES string of the molecule is CC(=O)N1[C@@H](C)CN(N=O)C[C@@H]1C. The molecule has 0 bridgehead atoms. The van der Waals surface area contributed by atoms with E-state index in [0.29, 0.717) is 13.1 Å². The summed E-state index contributed by atoms with van der Waals surface area (Å²) in [6.45, 7) is 6.47. The lowest BCUT2D eigenvalue weighted by molar-refractivity contribution is -0.136. The Labute approximate surface area is 77.6 Å². The second-order valence-electron chi connectivity index (χ2n) is 3.58. The van der Waals surface area contributed by atoms with Crippen LogP contribution in [0.3, 0.4) is 0 Å². The predicted octanol–water partition coefficient (Wildman–Crippen LogP) is 0.609. The number of hydrogen-bond acceptors (Lipinski definition) is 3. The van der Waals surface area contributed by atoms with Gasteiger partial charge in [0.2, 0.25) is 5.91 Å². The minimum Gasteiger partial charge on any atom is -0.334 e. The molecule has 1 amide bonds. The van der Waals surface area contributed by atoms with Crippen LogP contribution in [0, 0.1) is 4.91 Å². The average molecular weight is 185 g/mol. The molecular weight excluding hydrogens is 170 g/mol. The number of nitroso groups, excluding NO2 is 1. The molecule has 0 aliphatic carbocycles. The number of hydrogen-bond donors (Lipinski definition) is 0. The number of nitrogens with zero attached hydrogens (tertiary/aromatic N) is 3. The van der Waals surface area contributed by atoms with Gasteiger partial charge in [-0.05, 0) is 13.8 Å². The van der Waals surface area contributed by atoms with Crippen LogP contribution in [0.2, 0.25) is 0 Å². The van der Waals surface area contributed by atoms with Crippen molar-refractivity contribution in [1.29, 1.82) is 0 Å². The van der Waals surface area contributed by atoms with Crippen molar-refractivity contribution < 1.29 is 4.79 Å². The first-order valence-electron chi connectivity index (χ1n) is 4.43. The smallest absolute Gasteiger partial charge is 0.220 e. The second-order valence-corrected chi connectivity index (χ2v) is 3.58. The molecule has 1 fully saturated rings. The highest BCUT2D eigenvalue weighted by atomic mass is 16.3. The summed E-state index contributed by atoms with van der Waals surface area (Å²) in [6.07, 6.45) is 0. The normalized spacial score (nSPS) is 28.8. The van der Waals surface area contributed by atoms with E-state index in [2.05, 4.69) is 5.29 Å². The molecule has 1 rings (SSSR count). The first-order chi connectivity index (χ1) is 6.06. The van der Waals surface area contributed by atoms with E-state index < -0.39 is 0 Å². The summed E-state index contributed by atoms with van der Waals surface area (Å²) in [7, 11) is 0. The summed E-state index contributed by atoms with van der Waals surface area (Å²) in [5, 5.41) is 4.35. The van der Waals surface area contributed by atoms with Gasteiger partial charge in [0.15, 0.2) is 0 Å². The van der Waals surface area contributed by atoms with Crippen molar-refractivity contribution in [3.8, 4) is 0 Å². The van der Waals surface area contributed by atoms with Gasteiger partial charge in [-0.25, -0.2) is 0 Å². The molecule has 2 atom stereocenters. The van der Waals surface area contributed by atoms with Crippen molar-refractivity contribution in [2.75, 3.05) is 13.1 Å². The molecule has 1 aliphatic heterocycles. The molecule has 0 radical (unpaired) electrons. The van der Waals surface area contributed by atoms with Crippen molar-refractivity contribution in [3.63, 3.8) is 0 Å². The number of piperazine rings is 1. The number of amides is 1. The maximum atomic E-state index is 11.2. The third-order valence-corrected chi connectivity index (χ3v) is 2.38. The summed E-state index contributed by atoms with van der Waals surface area (Å²) in [5.74, 6) is 0.0607. The van der Waals surface area contributed by atoms with Crippen LogP contribution in [0.15, 0.2) is 5.29 Å². The van der Waals surface area contributed by atoms with Gasteiger partial charge < -0.3 is 4.90 Å². The summed E-state index contributed by atoms with van der Waals surface area (Å²) in [4.78, 5) is 23.3. The van der Waals surface area contributed by atoms with Gasteiger partial charge in [0.25, 0.3) is 0 Å². The Morgan fingerprint density at radius 2 is 1.77 bits per heavy atom. The fraction of sp³-hybridized carbons (Fsp3) is 0.875. The van der Waals surface area contributed by atoms with E-state index in [9.17, 15) is 9.70 Å². The van der Waals surface area contributed by atoms with Crippen molar-refractivity contribution in [1.82, 2.24) is 9.91 Å². The van der Waals surface area contributed by atoms with E-state index in [1.54, 1.807) is 11.8 Å². The van der Waals surface area contributed by atoms with Crippen molar-refractivity contribution in [3.05, 3.63) is 4.91 Å². The highest BCUT2D eigenvalue weighted by Gasteiger charge is 2.30. The molecule has 1 heterocycles. The topological polar surface area (TPSA) is 53.0 Å². The van der Waals surface area contributed by atoms with Gasteiger partial charge in [-0.2, -0.15) is 0 Å². The Balaban J connectivity index is 2.69. The van der Waals surface area contributed by atoms with Crippen LogP contribution >= 0.6 is 0 Å². The second kappa shape index (κ2) is 3.72. The minimum atomic E-state index is 0.0607. The van der Waals surface area contributed by atoms with Gasteiger partial charge in [0.05, 0.1) is 18.4 Å². The van der Waals surface area contributed by atoms with Crippen LogP contribution in [-0.2, 0) is 4.79 Å². The summed E-state index contributed by atoms with van der Waals surface area (Å²) < 4.78 is 0. The molecule has 74 valence electrons. The van der Waals surface area contributed by atoms with Crippen LogP contribution in [0.4, 0.5) is 0 Å². The Morgan fingerprint density at radius 3 is 2.08 bits per heavy atom. The van der Waals surface area contributed by atoms with Crippen LogP contribution in [0.5, 0.6) is 0 Å². The highest BCUT2D eigenvalue weighted by Crippen LogP contribution is 2.15. The van der Waals surface area contributed by atoms with E-state index in [4.69, 9.17) is 0 Å². The van der Waals surface area contributed by atoms with E-state index in [1.807, 2.05) is 13.8 Å². The van der Waals surface area contributed by atoms with E-state index in [-0.39, 0.29) is 18.0 Å². The molecule has 0 spiro atoms. The average Bonchev–Trinajstić information content (AvgIpc) is 2.02. The fourth-order valence-corrected chi connectivity index (χ4v) is 1.98. The number of carbonyl (C=O) groups excluding carboxylic acids is 1. The highest BCUT2D eigenvalue weighted by molar-refractivity contribution is 5.74. The lowest BCUT2D eigenvalue weighted by Gasteiger charge is -2.41. The molecule has 13 heavy (non-hydrogen) atoms. The van der Waals surface area contributed by atoms with Gasteiger partial charge >= 0.3 is 0 Å². The first-order valence-corrected chi connectivity index (χ1v) is 4.43. The summed E-state index contributed by atoms with van der Waals surface area (Å²) >= 11 is 0. The zero-order valence-corrected chi connectivity index (χ0v) is 8.23. The molecule has 0 N–H and O–H groups in total. The number of rotatable bonds is 1. The van der Waals surface area contributed by atoms with Crippen LogP contribution in [-0.4, -0.2) is 41.0 Å². The van der Waals surface area contributed by atoms with Crippen molar-refractivity contribution >= 4 is 5.91 Å². The van der Waals surface area contributed by atoms with Crippen molar-refractivity contribution in [2.45, 2.75) is 32.9 Å².